The molecular weight excluding hydrogens is 298 g/mol. The van der Waals surface area contributed by atoms with Crippen LogP contribution in [0.5, 0.6) is 0 Å². The number of nitrogens with zero attached hydrogens (tertiary/aromatic N) is 5. The van der Waals surface area contributed by atoms with Crippen LogP contribution in [0.2, 0.25) is 0 Å². The Morgan fingerprint density at radius 1 is 1.25 bits per heavy atom. The quantitative estimate of drug-likeness (QED) is 0.741. The average Bonchev–Trinajstić information content (AvgIpc) is 3.16. The fraction of sp³-hybridized carbons (Fsp3) is 0.474. The molecule has 0 aliphatic carbocycles. The largest absolute Gasteiger partial charge is 0.338 e. The number of aryl methyl sites for hydroxylation is 2. The highest BCUT2D eigenvalue weighted by molar-refractivity contribution is 5.48. The third-order valence-corrected chi connectivity index (χ3v) is 5.19. The molecule has 5 heteroatoms. The van der Waals surface area contributed by atoms with Crippen LogP contribution >= 0.6 is 0 Å². The van der Waals surface area contributed by atoms with Gasteiger partial charge in [0.25, 0.3) is 0 Å². The second kappa shape index (κ2) is 6.40. The van der Waals surface area contributed by atoms with Gasteiger partial charge in [-0.05, 0) is 43.9 Å². The van der Waals surface area contributed by atoms with Crippen molar-refractivity contribution in [1.82, 2.24) is 23.8 Å². The fourth-order valence-electron chi connectivity index (χ4n) is 3.86. The van der Waals surface area contributed by atoms with Gasteiger partial charge in [0.05, 0.1) is 11.9 Å². The molecular formula is C19H25N5. The van der Waals surface area contributed by atoms with Crippen LogP contribution in [0, 0.1) is 12.8 Å². The van der Waals surface area contributed by atoms with Crippen LogP contribution in [0.1, 0.15) is 29.9 Å². The zero-order chi connectivity index (χ0) is 16.5. The molecule has 4 heterocycles. The molecule has 4 rings (SSSR count). The van der Waals surface area contributed by atoms with Crippen LogP contribution in [-0.4, -0.2) is 36.9 Å². The van der Waals surface area contributed by atoms with Crippen LogP contribution in [0.15, 0.2) is 36.9 Å². The van der Waals surface area contributed by atoms with Gasteiger partial charge in [0.15, 0.2) is 0 Å². The first-order valence-electron chi connectivity index (χ1n) is 8.81. The van der Waals surface area contributed by atoms with E-state index in [1.807, 2.05) is 18.6 Å². The number of rotatable bonds is 4. The van der Waals surface area contributed by atoms with E-state index < -0.39 is 0 Å². The van der Waals surface area contributed by atoms with Crippen molar-refractivity contribution >= 4 is 5.65 Å². The number of aromatic nitrogens is 4. The maximum absolute atomic E-state index is 4.60. The number of hydrogen-bond donors (Lipinski definition) is 0. The maximum Gasteiger partial charge on any atom is 0.139 e. The van der Waals surface area contributed by atoms with E-state index in [9.17, 15) is 0 Å². The summed E-state index contributed by atoms with van der Waals surface area (Å²) in [5.74, 6) is 1.90. The van der Waals surface area contributed by atoms with E-state index in [1.54, 1.807) is 0 Å². The average molecular weight is 323 g/mol. The van der Waals surface area contributed by atoms with Crippen LogP contribution in [0.4, 0.5) is 0 Å². The van der Waals surface area contributed by atoms with Gasteiger partial charge < -0.3 is 8.97 Å². The minimum absolute atomic E-state index is 0.695. The minimum Gasteiger partial charge on any atom is -0.338 e. The number of likely N-dealkylation sites (tertiary alicyclic amines) is 1. The molecule has 0 radical (unpaired) electrons. The van der Waals surface area contributed by atoms with Crippen LogP contribution < -0.4 is 0 Å². The van der Waals surface area contributed by atoms with Gasteiger partial charge in [0.1, 0.15) is 11.5 Å². The predicted molar refractivity (Wildman–Crippen MR) is 94.8 cm³/mol. The summed E-state index contributed by atoms with van der Waals surface area (Å²) in [6, 6.07) is 4.23. The molecule has 0 unspecified atom stereocenters. The summed E-state index contributed by atoms with van der Waals surface area (Å²) in [5.41, 5.74) is 3.59. The Morgan fingerprint density at radius 2 is 2.17 bits per heavy atom. The first kappa shape index (κ1) is 15.4. The monoisotopic (exact) mass is 323 g/mol. The molecule has 0 saturated carbocycles. The van der Waals surface area contributed by atoms with E-state index in [1.165, 1.54) is 36.5 Å². The van der Waals surface area contributed by atoms with E-state index in [4.69, 9.17) is 0 Å². The zero-order valence-electron chi connectivity index (χ0n) is 14.5. The lowest BCUT2D eigenvalue weighted by atomic mass is 9.94. The highest BCUT2D eigenvalue weighted by Gasteiger charge is 2.22. The SMILES string of the molecule is Cc1cccn2c(CN3CCC[C@H](Cc4nccn4C)C3)cnc12. The molecule has 0 amide bonds. The van der Waals surface area contributed by atoms with Gasteiger partial charge in [0, 0.05) is 45.1 Å². The third-order valence-electron chi connectivity index (χ3n) is 5.19. The van der Waals surface area contributed by atoms with Gasteiger partial charge in [-0.2, -0.15) is 0 Å². The molecule has 3 aromatic rings. The smallest absolute Gasteiger partial charge is 0.139 e. The Balaban J connectivity index is 1.46. The number of pyridine rings is 1. The zero-order valence-corrected chi connectivity index (χ0v) is 14.5. The van der Waals surface area contributed by atoms with Crippen molar-refractivity contribution in [2.75, 3.05) is 13.1 Å². The molecule has 0 N–H and O–H groups in total. The predicted octanol–water partition coefficient (Wildman–Crippen LogP) is 2.83. The summed E-state index contributed by atoms with van der Waals surface area (Å²) in [7, 11) is 2.09. The Morgan fingerprint density at radius 3 is 3.00 bits per heavy atom. The fourth-order valence-corrected chi connectivity index (χ4v) is 3.86. The van der Waals surface area contributed by atoms with Gasteiger partial charge in [-0.3, -0.25) is 4.90 Å². The summed E-state index contributed by atoms with van der Waals surface area (Å²) in [5, 5.41) is 0. The second-order valence-corrected chi connectivity index (χ2v) is 7.04. The molecule has 0 aromatic carbocycles. The van der Waals surface area contributed by atoms with Gasteiger partial charge in [-0.1, -0.05) is 6.07 Å². The van der Waals surface area contributed by atoms with Crippen molar-refractivity contribution < 1.29 is 0 Å². The lowest BCUT2D eigenvalue weighted by molar-refractivity contribution is 0.163. The van der Waals surface area contributed by atoms with Crippen molar-refractivity contribution in [3.05, 3.63) is 54.0 Å². The highest BCUT2D eigenvalue weighted by Crippen LogP contribution is 2.22. The van der Waals surface area contributed by atoms with Crippen molar-refractivity contribution in [3.8, 4) is 0 Å². The molecule has 0 spiro atoms. The molecule has 1 fully saturated rings. The Kier molecular flexibility index (Phi) is 4.10. The Labute approximate surface area is 143 Å². The Bertz CT molecular complexity index is 831. The first-order chi connectivity index (χ1) is 11.7. The van der Waals surface area contributed by atoms with E-state index >= 15 is 0 Å². The lowest BCUT2D eigenvalue weighted by Crippen LogP contribution is -2.36. The second-order valence-electron chi connectivity index (χ2n) is 7.04. The standard InChI is InChI=1S/C19H25N5/c1-15-5-3-9-24-17(12-21-19(15)24)14-23-8-4-6-16(13-23)11-18-20-7-10-22(18)2/h3,5,7,9-10,12,16H,4,6,8,11,13-14H2,1-2H3/t16-/m1/s1. The third kappa shape index (κ3) is 2.96. The number of fused-ring (bicyclic) bond motifs is 1. The number of hydrogen-bond acceptors (Lipinski definition) is 3. The molecule has 3 aromatic heterocycles. The van der Waals surface area contributed by atoms with Crippen molar-refractivity contribution in [1.29, 1.82) is 0 Å². The van der Waals surface area contributed by atoms with E-state index in [0.29, 0.717) is 5.92 Å². The van der Waals surface area contributed by atoms with Gasteiger partial charge in [0.2, 0.25) is 0 Å². The molecule has 1 saturated heterocycles. The van der Waals surface area contributed by atoms with E-state index in [-0.39, 0.29) is 0 Å². The maximum atomic E-state index is 4.60. The highest BCUT2D eigenvalue weighted by atomic mass is 15.2. The number of piperidine rings is 1. The summed E-state index contributed by atoms with van der Waals surface area (Å²) < 4.78 is 4.38. The summed E-state index contributed by atoms with van der Waals surface area (Å²) in [6.07, 6.45) is 11.7. The lowest BCUT2D eigenvalue weighted by Gasteiger charge is -2.32. The summed E-state index contributed by atoms with van der Waals surface area (Å²) in [6.45, 7) is 5.42. The summed E-state index contributed by atoms with van der Waals surface area (Å²) >= 11 is 0. The topological polar surface area (TPSA) is 38.4 Å². The van der Waals surface area contributed by atoms with Gasteiger partial charge in [-0.15, -0.1) is 0 Å². The Hall–Kier alpha value is -2.14. The number of imidazole rings is 2. The molecule has 1 aliphatic rings. The summed E-state index contributed by atoms with van der Waals surface area (Å²) in [4.78, 5) is 11.7. The molecule has 0 bridgehead atoms. The molecule has 1 aliphatic heterocycles. The molecule has 5 nitrogen and oxygen atoms in total. The van der Waals surface area contributed by atoms with Gasteiger partial charge in [-0.25, -0.2) is 9.97 Å². The first-order valence-corrected chi connectivity index (χ1v) is 8.81. The molecule has 1 atom stereocenters. The van der Waals surface area contributed by atoms with Crippen LogP contribution in [0.25, 0.3) is 5.65 Å². The molecule has 126 valence electrons. The van der Waals surface area contributed by atoms with Crippen LogP contribution in [0.3, 0.4) is 0 Å². The van der Waals surface area contributed by atoms with Gasteiger partial charge >= 0.3 is 0 Å². The normalized spacial score (nSPS) is 19.2. The minimum atomic E-state index is 0.695. The van der Waals surface area contributed by atoms with Crippen LogP contribution in [-0.2, 0) is 20.0 Å². The van der Waals surface area contributed by atoms with E-state index in [0.717, 1.165) is 25.2 Å². The molecule has 24 heavy (non-hydrogen) atoms. The van der Waals surface area contributed by atoms with Crippen molar-refractivity contribution in [2.24, 2.45) is 13.0 Å². The van der Waals surface area contributed by atoms with E-state index in [2.05, 4.69) is 56.1 Å². The van der Waals surface area contributed by atoms with Crippen molar-refractivity contribution in [3.63, 3.8) is 0 Å². The van der Waals surface area contributed by atoms with Crippen molar-refractivity contribution in [2.45, 2.75) is 32.7 Å².